The van der Waals surface area contributed by atoms with Crippen LogP contribution in [0.1, 0.15) is 56.3 Å². The van der Waals surface area contributed by atoms with Crippen molar-refractivity contribution in [2.45, 2.75) is 58.0 Å². The lowest BCUT2D eigenvalue weighted by Gasteiger charge is -2.18. The second-order valence-electron chi connectivity index (χ2n) is 7.06. The Morgan fingerprint density at radius 3 is 2.70 bits per heavy atom. The maximum atomic E-state index is 12.5. The lowest BCUT2D eigenvalue weighted by Crippen LogP contribution is -2.30. The van der Waals surface area contributed by atoms with Gasteiger partial charge in [0.1, 0.15) is 5.75 Å². The van der Waals surface area contributed by atoms with E-state index in [1.807, 2.05) is 31.2 Å². The summed E-state index contributed by atoms with van der Waals surface area (Å²) in [5.41, 5.74) is 1.15. The Bertz CT molecular complexity index is 927. The second-order valence-corrected chi connectivity index (χ2v) is 8.01. The van der Waals surface area contributed by atoms with Gasteiger partial charge in [-0.1, -0.05) is 48.3 Å². The minimum atomic E-state index is -0.625. The van der Waals surface area contributed by atoms with Crippen molar-refractivity contribution >= 4 is 27.3 Å². The zero-order valence-corrected chi connectivity index (χ0v) is 16.3. The molecule has 1 N–H and O–H groups in total. The first-order valence-electron chi connectivity index (χ1n) is 9.36. The molecule has 2 aromatic heterocycles. The smallest absolute Gasteiger partial charge is 0.266 e. The fourth-order valence-corrected chi connectivity index (χ4v) is 4.13. The van der Waals surface area contributed by atoms with Crippen molar-refractivity contribution in [2.24, 2.45) is 0 Å². The van der Waals surface area contributed by atoms with E-state index in [9.17, 15) is 4.79 Å². The monoisotopic (exact) mass is 385 g/mol. The third kappa shape index (κ3) is 3.95. The summed E-state index contributed by atoms with van der Waals surface area (Å²) in [7, 11) is 0. The predicted octanol–water partition coefficient (Wildman–Crippen LogP) is 3.95. The van der Waals surface area contributed by atoms with E-state index >= 15 is 0 Å². The molecular formula is C19H23N5O2S. The zero-order valence-electron chi connectivity index (χ0n) is 15.5. The molecule has 1 atom stereocenters. The van der Waals surface area contributed by atoms with Gasteiger partial charge in [-0.15, -0.1) is 15.3 Å². The molecule has 3 aromatic rings. The SMILES string of the molecule is Cc1ccc(OC(C)C(=O)Nc2nn3c(C4CCCCC4)nnc3s2)cc1. The number of hydrogen-bond acceptors (Lipinski definition) is 6. The number of aryl methyl sites for hydroxylation is 1. The molecule has 4 rings (SSSR count). The lowest BCUT2D eigenvalue weighted by atomic mass is 9.89. The van der Waals surface area contributed by atoms with E-state index in [1.54, 1.807) is 11.4 Å². The van der Waals surface area contributed by atoms with Crippen molar-refractivity contribution in [2.75, 3.05) is 5.32 Å². The molecule has 1 saturated carbocycles. The van der Waals surface area contributed by atoms with Crippen LogP contribution in [0.25, 0.3) is 4.96 Å². The fourth-order valence-electron chi connectivity index (χ4n) is 3.38. The average molecular weight is 385 g/mol. The van der Waals surface area contributed by atoms with E-state index in [1.165, 1.54) is 30.6 Å². The fraction of sp³-hybridized carbons (Fsp3) is 0.474. The molecule has 27 heavy (non-hydrogen) atoms. The largest absolute Gasteiger partial charge is 0.481 e. The number of nitrogens with zero attached hydrogens (tertiary/aromatic N) is 4. The molecule has 142 valence electrons. The maximum absolute atomic E-state index is 12.5. The molecule has 1 aromatic carbocycles. The number of aromatic nitrogens is 4. The molecule has 1 fully saturated rings. The van der Waals surface area contributed by atoms with Crippen LogP contribution in [-0.2, 0) is 4.79 Å². The van der Waals surface area contributed by atoms with Crippen molar-refractivity contribution in [1.29, 1.82) is 0 Å². The highest BCUT2D eigenvalue weighted by Gasteiger charge is 2.24. The first-order valence-corrected chi connectivity index (χ1v) is 10.2. The lowest BCUT2D eigenvalue weighted by molar-refractivity contribution is -0.122. The van der Waals surface area contributed by atoms with Gasteiger partial charge < -0.3 is 4.74 Å². The molecule has 0 bridgehead atoms. The normalized spacial score (nSPS) is 16.4. The summed E-state index contributed by atoms with van der Waals surface area (Å²) in [5, 5.41) is 16.4. The Labute approximate surface area is 161 Å². The number of fused-ring (bicyclic) bond motifs is 1. The molecule has 2 heterocycles. The Balaban J connectivity index is 1.43. The van der Waals surface area contributed by atoms with E-state index in [2.05, 4.69) is 20.6 Å². The van der Waals surface area contributed by atoms with E-state index in [4.69, 9.17) is 4.74 Å². The molecular weight excluding hydrogens is 362 g/mol. The average Bonchev–Trinajstić information content (AvgIpc) is 3.24. The van der Waals surface area contributed by atoms with Gasteiger partial charge in [0.05, 0.1) is 0 Å². The van der Waals surface area contributed by atoms with Crippen LogP contribution in [0.2, 0.25) is 0 Å². The quantitative estimate of drug-likeness (QED) is 0.719. The van der Waals surface area contributed by atoms with Crippen LogP contribution in [0.5, 0.6) is 5.75 Å². The molecule has 8 heteroatoms. The molecule has 0 spiro atoms. The van der Waals surface area contributed by atoms with Gasteiger partial charge in [0.2, 0.25) is 10.1 Å². The molecule has 0 aliphatic heterocycles. The minimum absolute atomic E-state index is 0.236. The molecule has 0 saturated heterocycles. The van der Waals surface area contributed by atoms with Gasteiger partial charge in [-0.05, 0) is 38.8 Å². The number of carbonyl (C=O) groups excluding carboxylic acids is 1. The number of amides is 1. The van der Waals surface area contributed by atoms with Gasteiger partial charge in [0, 0.05) is 5.92 Å². The van der Waals surface area contributed by atoms with Crippen LogP contribution in [0.4, 0.5) is 5.13 Å². The third-order valence-electron chi connectivity index (χ3n) is 4.92. The summed E-state index contributed by atoms with van der Waals surface area (Å²) in [6.45, 7) is 3.73. The number of hydrogen-bond donors (Lipinski definition) is 1. The first-order chi connectivity index (χ1) is 13.1. The zero-order chi connectivity index (χ0) is 18.8. The summed E-state index contributed by atoms with van der Waals surface area (Å²) in [6, 6.07) is 7.63. The van der Waals surface area contributed by atoms with E-state index in [0.717, 1.165) is 24.2 Å². The van der Waals surface area contributed by atoms with E-state index < -0.39 is 6.10 Å². The highest BCUT2D eigenvalue weighted by molar-refractivity contribution is 7.20. The Morgan fingerprint density at radius 1 is 1.22 bits per heavy atom. The van der Waals surface area contributed by atoms with E-state index in [0.29, 0.717) is 21.8 Å². The van der Waals surface area contributed by atoms with Crippen LogP contribution in [-0.4, -0.2) is 31.8 Å². The number of rotatable bonds is 5. The number of anilines is 1. The standard InChI is InChI=1S/C19H23N5O2S/c1-12-8-10-15(11-9-12)26-13(2)17(25)20-18-23-24-16(21-22-19(24)27-18)14-6-4-3-5-7-14/h8-11,13-14H,3-7H2,1-2H3,(H,20,23,25). The highest BCUT2D eigenvalue weighted by Crippen LogP contribution is 2.32. The minimum Gasteiger partial charge on any atom is -0.481 e. The maximum Gasteiger partial charge on any atom is 0.266 e. The van der Waals surface area contributed by atoms with Gasteiger partial charge in [-0.25, -0.2) is 0 Å². The van der Waals surface area contributed by atoms with Crippen molar-refractivity contribution in [3.05, 3.63) is 35.7 Å². The number of ether oxygens (including phenoxy) is 1. The van der Waals surface area contributed by atoms with E-state index in [-0.39, 0.29) is 5.91 Å². The van der Waals surface area contributed by atoms with Gasteiger partial charge in [0.15, 0.2) is 11.9 Å². The molecule has 1 amide bonds. The van der Waals surface area contributed by atoms with Crippen LogP contribution in [0.3, 0.4) is 0 Å². The first kappa shape index (κ1) is 17.9. The topological polar surface area (TPSA) is 81.4 Å². The molecule has 1 aliphatic carbocycles. The third-order valence-corrected chi connectivity index (χ3v) is 5.73. The second kappa shape index (κ2) is 7.64. The Hall–Kier alpha value is -2.48. The molecule has 0 radical (unpaired) electrons. The Kier molecular flexibility index (Phi) is 5.07. The number of carbonyl (C=O) groups is 1. The molecule has 1 unspecified atom stereocenters. The summed E-state index contributed by atoms with van der Waals surface area (Å²) in [4.78, 5) is 13.2. The molecule has 1 aliphatic rings. The highest BCUT2D eigenvalue weighted by atomic mass is 32.1. The van der Waals surface area contributed by atoms with Crippen LogP contribution in [0, 0.1) is 6.92 Å². The molecule has 7 nitrogen and oxygen atoms in total. The van der Waals surface area contributed by atoms with Crippen molar-refractivity contribution in [3.8, 4) is 5.75 Å². The number of nitrogens with one attached hydrogen (secondary N) is 1. The summed E-state index contributed by atoms with van der Waals surface area (Å²) >= 11 is 1.33. The summed E-state index contributed by atoms with van der Waals surface area (Å²) < 4.78 is 7.49. The van der Waals surface area contributed by atoms with Crippen molar-refractivity contribution < 1.29 is 9.53 Å². The summed E-state index contributed by atoms with van der Waals surface area (Å²) in [5.74, 6) is 1.74. The van der Waals surface area contributed by atoms with Gasteiger partial charge >= 0.3 is 0 Å². The van der Waals surface area contributed by atoms with Gasteiger partial charge in [0.25, 0.3) is 5.91 Å². The van der Waals surface area contributed by atoms with Crippen molar-refractivity contribution in [1.82, 2.24) is 19.8 Å². The van der Waals surface area contributed by atoms with Gasteiger partial charge in [-0.3, -0.25) is 10.1 Å². The summed E-state index contributed by atoms with van der Waals surface area (Å²) in [6.07, 6.45) is 5.36. The Morgan fingerprint density at radius 2 is 1.96 bits per heavy atom. The van der Waals surface area contributed by atoms with Crippen molar-refractivity contribution in [3.63, 3.8) is 0 Å². The predicted molar refractivity (Wildman–Crippen MR) is 104 cm³/mol. The number of benzene rings is 1. The van der Waals surface area contributed by atoms with Gasteiger partial charge in [-0.2, -0.15) is 4.52 Å². The van der Waals surface area contributed by atoms with Crippen LogP contribution < -0.4 is 10.1 Å². The van der Waals surface area contributed by atoms with Crippen LogP contribution in [0.15, 0.2) is 24.3 Å². The van der Waals surface area contributed by atoms with Crippen LogP contribution >= 0.6 is 11.3 Å².